The van der Waals surface area contributed by atoms with E-state index >= 15 is 0 Å². The van der Waals surface area contributed by atoms with Crippen LogP contribution >= 0.6 is 23.2 Å². The molecule has 0 radical (unpaired) electrons. The van der Waals surface area contributed by atoms with E-state index < -0.39 is 21.6 Å². The zero-order valence-electron chi connectivity index (χ0n) is 21.7. The number of phenolic OH excluding ortho intramolecular Hbond substituents is 1. The minimum atomic E-state index is -3.35. The fraction of sp³-hybridized carbons (Fsp3) is 0.241. The molecular weight excluding hydrogens is 578 g/mol. The number of rotatable bonds is 7. The minimum absolute atomic E-state index is 0.139. The van der Waals surface area contributed by atoms with Crippen LogP contribution in [-0.4, -0.2) is 49.1 Å². The molecule has 2 amide bonds. The summed E-state index contributed by atoms with van der Waals surface area (Å²) in [6.45, 7) is 2.34. The summed E-state index contributed by atoms with van der Waals surface area (Å²) < 4.78 is 37.2. The topological polar surface area (TPSA) is 104 Å². The number of halogens is 3. The lowest BCUT2D eigenvalue weighted by Gasteiger charge is -2.29. The van der Waals surface area contributed by atoms with Gasteiger partial charge in [-0.2, -0.15) is 0 Å². The van der Waals surface area contributed by atoms with Crippen molar-refractivity contribution in [2.24, 2.45) is 0 Å². The maximum atomic E-state index is 13.5. The normalized spacial score (nSPS) is 14.2. The zero-order chi connectivity index (χ0) is 29.2. The Bertz CT molecular complexity index is 1620. The molecule has 0 aliphatic carbocycles. The number of nitrogens with zero attached hydrogens (tertiary/aromatic N) is 1. The maximum Gasteiger partial charge on any atom is 0.254 e. The van der Waals surface area contributed by atoms with E-state index in [9.17, 15) is 27.5 Å². The van der Waals surface area contributed by atoms with Crippen LogP contribution in [0, 0.1) is 5.82 Å². The van der Waals surface area contributed by atoms with Gasteiger partial charge in [-0.15, -0.1) is 0 Å². The van der Waals surface area contributed by atoms with E-state index in [2.05, 4.69) is 5.32 Å². The molecule has 7 nitrogen and oxygen atoms in total. The molecule has 11 heteroatoms. The third kappa shape index (κ3) is 6.83. The lowest BCUT2D eigenvalue weighted by molar-refractivity contribution is -0.126. The highest BCUT2D eigenvalue weighted by Gasteiger charge is 2.27. The van der Waals surface area contributed by atoms with Crippen molar-refractivity contribution in [3.63, 3.8) is 0 Å². The quantitative estimate of drug-likeness (QED) is 0.361. The second-order valence-corrected chi connectivity index (χ2v) is 12.5. The second-order valence-electron chi connectivity index (χ2n) is 9.73. The molecule has 1 atom stereocenters. The summed E-state index contributed by atoms with van der Waals surface area (Å²) >= 11 is 13.1. The van der Waals surface area contributed by atoms with Gasteiger partial charge in [0.05, 0.1) is 20.5 Å². The molecule has 0 bridgehead atoms. The van der Waals surface area contributed by atoms with Crippen LogP contribution in [0.1, 0.15) is 39.5 Å². The first kappa shape index (κ1) is 29.6. The number of nitrogens with one attached hydrogen (secondary N) is 1. The van der Waals surface area contributed by atoms with E-state index in [0.29, 0.717) is 24.9 Å². The highest BCUT2D eigenvalue weighted by atomic mass is 35.5. The largest absolute Gasteiger partial charge is 0.507 e. The zero-order valence-corrected chi connectivity index (χ0v) is 24.1. The molecule has 1 unspecified atom stereocenters. The number of carbonyl (C=O) groups excluding carboxylic acids is 2. The molecular formula is C29H27Cl2FN2O5S. The summed E-state index contributed by atoms with van der Waals surface area (Å²) in [4.78, 5) is 27.7. The number of hydrogen-bond donors (Lipinski definition) is 2. The predicted molar refractivity (Wildman–Crippen MR) is 153 cm³/mol. The monoisotopic (exact) mass is 604 g/mol. The fourth-order valence-corrected chi connectivity index (χ4v) is 6.03. The van der Waals surface area contributed by atoms with Gasteiger partial charge in [0.2, 0.25) is 5.91 Å². The Hall–Kier alpha value is -3.40. The van der Waals surface area contributed by atoms with Crippen molar-refractivity contribution < 1.29 is 27.5 Å². The second kappa shape index (κ2) is 12.0. The van der Waals surface area contributed by atoms with Crippen LogP contribution in [0.4, 0.5) is 4.39 Å². The number of amides is 2. The van der Waals surface area contributed by atoms with Crippen molar-refractivity contribution in [3.8, 4) is 5.75 Å². The summed E-state index contributed by atoms with van der Waals surface area (Å²) in [5.74, 6) is -1.47. The standard InChI is InChI=1S/C29H27Cl2FN2O5S/c1-17(12-18-4-3-5-22(13-18)40(2,38)39)33-29(37)27-24(30)15-20-16-34(11-10-23(20)28(27)31)26(36)9-6-19-14-21(32)7-8-25(19)35/h3-9,13-15,17,35H,10-12,16H2,1-2H3,(H,33,37)/b9-6+. The van der Waals surface area contributed by atoms with Gasteiger partial charge in [-0.05, 0) is 78.9 Å². The van der Waals surface area contributed by atoms with Gasteiger partial charge >= 0.3 is 0 Å². The SMILES string of the molecule is CC(Cc1cccc(S(C)(=O)=O)c1)NC(=O)c1c(Cl)cc2c(c1Cl)CCN(C(=O)/C=C/c1cc(F)ccc1O)C2. The first-order chi connectivity index (χ1) is 18.8. The number of phenols is 1. The van der Waals surface area contributed by atoms with Crippen LogP contribution in [0.25, 0.3) is 6.08 Å². The van der Waals surface area contributed by atoms with Gasteiger partial charge in [0.1, 0.15) is 11.6 Å². The molecule has 1 aliphatic rings. The van der Waals surface area contributed by atoms with Crippen molar-refractivity contribution in [2.45, 2.75) is 37.2 Å². The average Bonchev–Trinajstić information content (AvgIpc) is 2.88. The van der Waals surface area contributed by atoms with Crippen molar-refractivity contribution in [1.29, 1.82) is 0 Å². The molecule has 0 saturated heterocycles. The van der Waals surface area contributed by atoms with Crippen molar-refractivity contribution in [1.82, 2.24) is 10.2 Å². The summed E-state index contributed by atoms with van der Waals surface area (Å²) in [6, 6.07) is 11.3. The lowest BCUT2D eigenvalue weighted by Crippen LogP contribution is -2.36. The van der Waals surface area contributed by atoms with Crippen LogP contribution in [0.5, 0.6) is 5.75 Å². The molecule has 4 rings (SSSR count). The fourth-order valence-electron chi connectivity index (χ4n) is 4.58. The number of carbonyl (C=O) groups is 2. The molecule has 0 spiro atoms. The summed E-state index contributed by atoms with van der Waals surface area (Å²) in [6.07, 6.45) is 4.54. The van der Waals surface area contributed by atoms with Crippen LogP contribution < -0.4 is 5.32 Å². The Labute approximate surface area is 242 Å². The molecule has 0 fully saturated rings. The van der Waals surface area contributed by atoms with Crippen LogP contribution in [0.2, 0.25) is 10.0 Å². The molecule has 2 N–H and O–H groups in total. The number of sulfone groups is 1. The van der Waals surface area contributed by atoms with Gasteiger partial charge in [0.15, 0.2) is 9.84 Å². The Kier molecular flexibility index (Phi) is 8.87. The van der Waals surface area contributed by atoms with Crippen LogP contribution in [0.3, 0.4) is 0 Å². The summed E-state index contributed by atoms with van der Waals surface area (Å²) in [5.41, 5.74) is 2.51. The highest BCUT2D eigenvalue weighted by molar-refractivity contribution is 7.90. The number of fused-ring (bicyclic) bond motifs is 1. The van der Waals surface area contributed by atoms with Gasteiger partial charge in [-0.25, -0.2) is 12.8 Å². The molecule has 40 heavy (non-hydrogen) atoms. The summed E-state index contributed by atoms with van der Waals surface area (Å²) in [7, 11) is -3.35. The molecule has 0 saturated carbocycles. The number of aromatic hydroxyl groups is 1. The lowest BCUT2D eigenvalue weighted by atomic mass is 9.96. The minimum Gasteiger partial charge on any atom is -0.507 e. The van der Waals surface area contributed by atoms with Crippen molar-refractivity contribution in [3.05, 3.63) is 98.3 Å². The van der Waals surface area contributed by atoms with Gasteiger partial charge in [-0.3, -0.25) is 9.59 Å². The summed E-state index contributed by atoms with van der Waals surface area (Å²) in [5, 5.41) is 13.1. The number of benzene rings is 3. The molecule has 0 aromatic heterocycles. The molecule has 210 valence electrons. The smallest absolute Gasteiger partial charge is 0.254 e. The molecule has 3 aromatic carbocycles. The van der Waals surface area contributed by atoms with E-state index in [4.69, 9.17) is 23.2 Å². The van der Waals surface area contributed by atoms with Gasteiger partial charge in [-0.1, -0.05) is 35.3 Å². The third-order valence-electron chi connectivity index (χ3n) is 6.58. The predicted octanol–water partition coefficient (Wildman–Crippen LogP) is 5.20. The van der Waals surface area contributed by atoms with E-state index in [1.165, 1.54) is 24.3 Å². The average molecular weight is 606 g/mol. The third-order valence-corrected chi connectivity index (χ3v) is 8.41. The van der Waals surface area contributed by atoms with Gasteiger partial charge < -0.3 is 15.3 Å². The Morgan fingerprint density at radius 3 is 2.65 bits per heavy atom. The maximum absolute atomic E-state index is 13.5. The van der Waals surface area contributed by atoms with Crippen molar-refractivity contribution in [2.75, 3.05) is 12.8 Å². The van der Waals surface area contributed by atoms with Crippen LogP contribution in [-0.2, 0) is 34.0 Å². The van der Waals surface area contributed by atoms with Gasteiger partial charge in [0, 0.05) is 37.0 Å². The Morgan fingerprint density at radius 2 is 1.93 bits per heavy atom. The first-order valence-corrected chi connectivity index (χ1v) is 15.0. The Morgan fingerprint density at radius 1 is 1.18 bits per heavy atom. The molecule has 1 aliphatic heterocycles. The number of hydrogen-bond acceptors (Lipinski definition) is 5. The molecule has 3 aromatic rings. The molecule has 1 heterocycles. The van der Waals surface area contributed by atoms with Gasteiger partial charge in [0.25, 0.3) is 5.91 Å². The van der Waals surface area contributed by atoms with E-state index in [1.54, 1.807) is 36.1 Å². The van der Waals surface area contributed by atoms with Crippen molar-refractivity contribution >= 4 is 50.9 Å². The highest BCUT2D eigenvalue weighted by Crippen LogP contribution is 2.35. The Balaban J connectivity index is 1.46. The van der Waals surface area contributed by atoms with E-state index in [-0.39, 0.29) is 50.3 Å². The van der Waals surface area contributed by atoms with Crippen LogP contribution in [0.15, 0.2) is 59.5 Å². The van der Waals surface area contributed by atoms with E-state index in [1.807, 2.05) is 0 Å². The van der Waals surface area contributed by atoms with E-state index in [0.717, 1.165) is 29.5 Å². The first-order valence-electron chi connectivity index (χ1n) is 12.4.